The van der Waals surface area contributed by atoms with Crippen molar-refractivity contribution in [2.24, 2.45) is 52.7 Å². The maximum absolute atomic E-state index is 15.6. The Labute approximate surface area is 700 Å². The molecule has 120 heavy (non-hydrogen) atoms. The molecule has 2 saturated heterocycles. The molecule has 39 heteroatoms. The van der Waals surface area contributed by atoms with E-state index in [0.717, 1.165) is 50.9 Å². The first kappa shape index (κ1) is 96.2. The zero-order valence-corrected chi connectivity index (χ0v) is 69.0. The van der Waals surface area contributed by atoms with Crippen LogP contribution in [-0.4, -0.2) is 225 Å². The van der Waals surface area contributed by atoms with Crippen LogP contribution in [0.25, 0.3) is 10.9 Å². The highest BCUT2D eigenvalue weighted by Gasteiger charge is 2.43. The van der Waals surface area contributed by atoms with Crippen molar-refractivity contribution in [3.05, 3.63) is 77.7 Å². The lowest BCUT2D eigenvalue weighted by Crippen LogP contribution is -2.52. The number of ketones is 7. The molecule has 2 fully saturated rings. The van der Waals surface area contributed by atoms with Crippen LogP contribution in [0.1, 0.15) is 178 Å². The normalized spacial score (nSPS) is 23.4. The summed E-state index contributed by atoms with van der Waals surface area (Å²) in [4.78, 5) is 260. The number of aliphatic hydroxyl groups excluding tert-OH is 1. The fourth-order valence-electron chi connectivity index (χ4n) is 15.0. The lowest BCUT2D eigenvalue weighted by Gasteiger charge is -2.30. The summed E-state index contributed by atoms with van der Waals surface area (Å²) in [5.41, 5.74) is 18.2. The number of benzene rings is 2. The van der Waals surface area contributed by atoms with E-state index in [-0.39, 0.29) is 133 Å². The topological polar surface area (TPSA) is 600 Å². The van der Waals surface area contributed by atoms with Crippen LogP contribution in [0.3, 0.4) is 0 Å². The number of aryl methyl sites for hydroxylation is 1. The second-order valence-electron chi connectivity index (χ2n) is 31.1. The van der Waals surface area contributed by atoms with Gasteiger partial charge in [-0.25, -0.2) is 9.59 Å². The van der Waals surface area contributed by atoms with Gasteiger partial charge in [0.1, 0.15) is 17.6 Å². The van der Waals surface area contributed by atoms with Gasteiger partial charge < -0.3 is 84.7 Å². The molecule has 7 rings (SSSR count). The van der Waals surface area contributed by atoms with Crippen molar-refractivity contribution >= 4 is 138 Å². The number of carboxylic acids is 2. The number of phenols is 1. The number of hydrogen-bond acceptors (Lipinski definition) is 24. The smallest absolute Gasteiger partial charge is 0.312 e. The standard InChI is InChI=1S/C81H111N15O22S2/c1-3-4-5-15-55(98)25-27-71(107)88-61-43-119-120-44-62-66(102)33-47(12-9-28-85-80(83)117)74(110)90-60(32-52-40-87-58-17-7-6-16-57(52)58)65(101)34-49(22-26-70(82)106)76(112)89-59(64(100)37-51(79(115)116)31-46-20-23-56(99)24-21-46)18-8-14-54-42-95(94-93-54)41-53(38-67(61)103)77(113)92-73(45(2)97)69(105)36-50(39-72(108)109)78(114)96-30-11-19-63(96)68(104)35-48(75(111)91-62)13-10-29-86-81(84)118/h6-7,16-17,20-21,23-24,40,42,45,47-51,53,59-63,73,87,97,99H,3-5,8-15,18-19,22,25-39,41,43-44H2,1-2H3,(H2,82,106)(H,88,107)(H,89,112)(H,90,110)(H,91,111)(H,92,113)(H,108,109)(H,115,116)(H3,83,85,117)(H3,84,86,118)/t45-,47-,48-,49-,50+,51-,53+,59+,60+,61+,62+,63+,73+/m1/s1. The summed E-state index contributed by atoms with van der Waals surface area (Å²) in [5, 5.41) is 69.7. The van der Waals surface area contributed by atoms with Crippen LogP contribution < -0.4 is 54.4 Å². The average molecular weight is 1710 g/mol. The molecule has 5 heterocycles. The number of para-hydroxylation sites is 1. The third-order valence-corrected chi connectivity index (χ3v) is 24.1. The molecular formula is C81H111N15O22S2. The third-order valence-electron chi connectivity index (χ3n) is 21.6. The summed E-state index contributed by atoms with van der Waals surface area (Å²) in [7, 11) is 1.80. The molecule has 0 saturated carbocycles. The summed E-state index contributed by atoms with van der Waals surface area (Å²) in [6.07, 6.45) is -4.74. The van der Waals surface area contributed by atoms with E-state index in [1.807, 2.05) is 6.92 Å². The van der Waals surface area contributed by atoms with Gasteiger partial charge in [0.05, 0.1) is 72.7 Å². The second kappa shape index (κ2) is 48.3. The number of amides is 11. The summed E-state index contributed by atoms with van der Waals surface area (Å²) in [6.45, 7) is 2.11. The Balaban J connectivity index is 1.42. The van der Waals surface area contributed by atoms with Gasteiger partial charge in [0.2, 0.25) is 41.4 Å². The van der Waals surface area contributed by atoms with E-state index in [1.54, 1.807) is 30.5 Å². The number of hydrogen-bond donors (Lipinski definition) is 15. The van der Waals surface area contributed by atoms with Crippen LogP contribution in [0.2, 0.25) is 0 Å². The maximum Gasteiger partial charge on any atom is 0.312 e. The first-order chi connectivity index (χ1) is 57.2. The van der Waals surface area contributed by atoms with Gasteiger partial charge in [0, 0.05) is 143 Å². The molecule has 13 atom stereocenters. The zero-order chi connectivity index (χ0) is 87.7. The number of Topliss-reactive ketones (excluding diaryl/α,β-unsaturated/α-hetero) is 7. The minimum absolute atomic E-state index is 0.00362. The van der Waals surface area contributed by atoms with E-state index in [9.17, 15) is 73.2 Å². The van der Waals surface area contributed by atoms with Gasteiger partial charge in [-0.15, -0.1) is 5.10 Å². The van der Waals surface area contributed by atoms with Crippen molar-refractivity contribution in [1.29, 1.82) is 0 Å². The van der Waals surface area contributed by atoms with Crippen LogP contribution in [0.15, 0.2) is 60.9 Å². The number of carbonyl (C=O) groups is 18. The van der Waals surface area contributed by atoms with Crippen molar-refractivity contribution in [3.63, 3.8) is 0 Å². The van der Waals surface area contributed by atoms with Crippen molar-refractivity contribution in [2.75, 3.05) is 31.1 Å². The summed E-state index contributed by atoms with van der Waals surface area (Å²) >= 11 is 0. The number of unbranched alkanes of at least 4 members (excludes halogenated alkanes) is 2. The summed E-state index contributed by atoms with van der Waals surface area (Å²) < 4.78 is 1.15. The lowest BCUT2D eigenvalue weighted by molar-refractivity contribution is -0.148. The lowest BCUT2D eigenvalue weighted by atomic mass is 9.88. The molecule has 4 bridgehead atoms. The Hall–Kier alpha value is -11.0. The SMILES string of the molecule is CCCCCC(=O)CCC(=O)N[C@H]1CSSC[C@@H]2NC(=O)[C@H](CCCNC(N)=O)CC(=O)[C@@H]3CCCN3C(=O)[C@H](CC(=O)O)CC(=O)[C@H]([C@@H](C)O)NC(=O)[C@@H](CC1=O)Cn1cc(nn1)CCC[C@@H](C(=O)C[C@@H](Cc1ccc(O)cc1)C(=O)O)NC(=O)[C@H](CCC(N)=O)CC(=O)[C@H](Cc1c[nH]c3ccccc13)NC(=O)[C@H](CCCNC(N)=O)CC2=O. The van der Waals surface area contributed by atoms with Crippen molar-refractivity contribution in [1.82, 2.24) is 62.1 Å². The number of H-pyrrole nitrogens is 1. The molecule has 11 amide bonds. The molecule has 0 radical (unpaired) electrons. The predicted molar refractivity (Wildman–Crippen MR) is 437 cm³/mol. The highest BCUT2D eigenvalue weighted by molar-refractivity contribution is 8.76. The van der Waals surface area contributed by atoms with Crippen molar-refractivity contribution < 1.29 is 107 Å². The van der Waals surface area contributed by atoms with Crippen LogP contribution in [0.5, 0.6) is 5.75 Å². The Morgan fingerprint density at radius 2 is 1.30 bits per heavy atom. The summed E-state index contributed by atoms with van der Waals surface area (Å²) in [6, 6.07) is 1.16. The number of fused-ring (bicyclic) bond motifs is 12. The van der Waals surface area contributed by atoms with Crippen LogP contribution in [0, 0.1) is 35.5 Å². The Morgan fingerprint density at radius 3 is 1.96 bits per heavy atom. The van der Waals surface area contributed by atoms with Gasteiger partial charge in [-0.1, -0.05) is 76.9 Å². The highest BCUT2D eigenvalue weighted by atomic mass is 33.1. The van der Waals surface area contributed by atoms with E-state index >= 15 is 33.6 Å². The van der Waals surface area contributed by atoms with Crippen LogP contribution in [0.4, 0.5) is 9.59 Å². The number of aliphatic carboxylic acids is 2. The molecule has 0 spiro atoms. The molecule has 0 unspecified atom stereocenters. The molecule has 4 aromatic rings. The number of aromatic hydroxyl groups is 1. The average Bonchev–Trinajstić information content (AvgIpc) is 1.66. The number of rotatable bonds is 30. The number of urea groups is 2. The zero-order valence-electron chi connectivity index (χ0n) is 67.4. The number of nitrogens with two attached hydrogens (primary N) is 3. The first-order valence-electron chi connectivity index (χ1n) is 40.6. The predicted octanol–water partition coefficient (Wildman–Crippen LogP) is 2.58. The van der Waals surface area contributed by atoms with Crippen LogP contribution in [-0.2, 0) is 103 Å². The number of carboxylic acid groups (broad SMARTS) is 2. The number of nitrogens with zero attached hydrogens (tertiary/aromatic N) is 4. The van der Waals surface area contributed by atoms with Crippen LogP contribution >= 0.6 is 21.6 Å². The molecule has 37 nitrogen and oxygen atoms in total. The number of aromatic nitrogens is 4. The molecule has 0 aliphatic carbocycles. The van der Waals surface area contributed by atoms with Gasteiger partial charge in [0.15, 0.2) is 34.7 Å². The van der Waals surface area contributed by atoms with Gasteiger partial charge in [-0.3, -0.25) is 81.4 Å². The van der Waals surface area contributed by atoms with Gasteiger partial charge >= 0.3 is 24.0 Å². The Bertz CT molecular complexity index is 4330. The monoisotopic (exact) mass is 1710 g/mol. The molecular weight excluding hydrogens is 1600 g/mol. The largest absolute Gasteiger partial charge is 0.508 e. The van der Waals surface area contributed by atoms with E-state index in [2.05, 4.69) is 52.5 Å². The number of nitrogens with one attached hydrogen (secondary N) is 8. The number of aliphatic hydroxyl groups is 1. The first-order valence-corrected chi connectivity index (χ1v) is 43.1. The molecule has 2 aromatic heterocycles. The number of phenolic OH excluding ortho intramolecular Hbond substituents is 1. The van der Waals surface area contributed by atoms with Crippen molar-refractivity contribution in [2.45, 2.75) is 230 Å². The molecule has 2 aromatic carbocycles. The fourth-order valence-corrected chi connectivity index (χ4v) is 17.4. The molecule has 3 aliphatic heterocycles. The molecule has 18 N–H and O–H groups in total. The minimum Gasteiger partial charge on any atom is -0.508 e. The second-order valence-corrected chi connectivity index (χ2v) is 33.6. The minimum atomic E-state index is -1.91. The number of carbonyl (C=O) groups excluding carboxylic acids is 16. The summed E-state index contributed by atoms with van der Waals surface area (Å²) in [5.74, 6) is -24.8. The fraction of sp³-hybridized carbons (Fsp3) is 0.580. The Morgan fingerprint density at radius 1 is 0.658 bits per heavy atom. The molecule has 654 valence electrons. The quantitative estimate of drug-likeness (QED) is 0.0263. The van der Waals surface area contributed by atoms with E-state index in [4.69, 9.17) is 17.2 Å². The van der Waals surface area contributed by atoms with Gasteiger partial charge in [-0.05, 0) is 113 Å². The Kier molecular flexibility index (Phi) is 38.7. The van der Waals surface area contributed by atoms with E-state index in [1.165, 1.54) is 30.5 Å². The van der Waals surface area contributed by atoms with E-state index in [0.29, 0.717) is 28.5 Å². The van der Waals surface area contributed by atoms with Gasteiger partial charge in [-0.2, -0.15) is 0 Å². The molecule has 3 aliphatic rings. The number of primary amides is 3. The number of aromatic amines is 1. The van der Waals surface area contributed by atoms with Crippen molar-refractivity contribution in [3.8, 4) is 5.75 Å². The maximum atomic E-state index is 15.6. The highest BCUT2D eigenvalue weighted by Crippen LogP contribution is 2.32. The van der Waals surface area contributed by atoms with Gasteiger partial charge in [0.25, 0.3) is 0 Å². The van der Waals surface area contributed by atoms with E-state index < -0.39 is 248 Å². The third kappa shape index (κ3) is 31.3.